The number of hydrogen-bond donors (Lipinski definition) is 0. The standard InChI is InChI=1S/C22H46S4/c1-3-5-7-9-11-13-15-19-23-25-21-17-18-22-26-24-20-16-14-12-10-8-6-4-2/h3-22H2,1-2H3. The van der Waals surface area contributed by atoms with Crippen molar-refractivity contribution in [3.05, 3.63) is 0 Å². The maximum absolute atomic E-state index is 2.29. The van der Waals surface area contributed by atoms with Crippen molar-refractivity contribution in [1.82, 2.24) is 0 Å². The Labute approximate surface area is 182 Å². The van der Waals surface area contributed by atoms with Gasteiger partial charge in [0.25, 0.3) is 0 Å². The minimum absolute atomic E-state index is 1.35. The zero-order valence-electron chi connectivity index (χ0n) is 17.8. The fourth-order valence-electron chi connectivity index (χ4n) is 2.79. The Bertz CT molecular complexity index is 212. The monoisotopic (exact) mass is 438 g/mol. The summed E-state index contributed by atoms with van der Waals surface area (Å²) in [5.74, 6) is 5.43. The highest BCUT2D eigenvalue weighted by Gasteiger charge is 1.96. The molecule has 4 heteroatoms. The summed E-state index contributed by atoms with van der Waals surface area (Å²) in [7, 11) is 8.44. The van der Waals surface area contributed by atoms with E-state index < -0.39 is 0 Å². The average molecular weight is 439 g/mol. The summed E-state index contributed by atoms with van der Waals surface area (Å²) in [5, 5.41) is 0. The van der Waals surface area contributed by atoms with Crippen LogP contribution >= 0.6 is 43.2 Å². The van der Waals surface area contributed by atoms with Crippen molar-refractivity contribution in [2.24, 2.45) is 0 Å². The van der Waals surface area contributed by atoms with Crippen molar-refractivity contribution in [2.75, 3.05) is 23.0 Å². The van der Waals surface area contributed by atoms with Gasteiger partial charge in [0.2, 0.25) is 0 Å². The van der Waals surface area contributed by atoms with E-state index in [0.29, 0.717) is 0 Å². The van der Waals surface area contributed by atoms with Gasteiger partial charge in [-0.25, -0.2) is 0 Å². The molecule has 0 rings (SSSR count). The van der Waals surface area contributed by atoms with Crippen LogP contribution in [0, 0.1) is 0 Å². The van der Waals surface area contributed by atoms with Crippen molar-refractivity contribution in [2.45, 2.75) is 117 Å². The van der Waals surface area contributed by atoms with Gasteiger partial charge < -0.3 is 0 Å². The Hall–Kier alpha value is 1.40. The van der Waals surface area contributed by atoms with Crippen LogP contribution in [0.4, 0.5) is 0 Å². The molecular formula is C22H46S4. The summed E-state index contributed by atoms with van der Waals surface area (Å²) in [5.41, 5.74) is 0. The molecule has 0 saturated heterocycles. The van der Waals surface area contributed by atoms with Gasteiger partial charge in [0.05, 0.1) is 0 Å². The second-order valence-electron chi connectivity index (χ2n) is 7.24. The van der Waals surface area contributed by atoms with Gasteiger partial charge >= 0.3 is 0 Å². The lowest BCUT2D eigenvalue weighted by Gasteiger charge is -2.03. The SMILES string of the molecule is CCCCCCCCCSSCCCCSSCCCCCCCCC. The normalized spacial score (nSPS) is 11.3. The van der Waals surface area contributed by atoms with Crippen LogP contribution in [0.25, 0.3) is 0 Å². The number of hydrogen-bond acceptors (Lipinski definition) is 4. The summed E-state index contributed by atoms with van der Waals surface area (Å²) in [4.78, 5) is 0. The first-order chi connectivity index (χ1) is 12.9. The molecule has 0 aliphatic carbocycles. The van der Waals surface area contributed by atoms with Gasteiger partial charge in [-0.3, -0.25) is 0 Å². The molecular weight excluding hydrogens is 393 g/mol. The maximum atomic E-state index is 2.29. The maximum Gasteiger partial charge on any atom is 0.00372 e. The van der Waals surface area contributed by atoms with E-state index in [2.05, 4.69) is 57.0 Å². The molecule has 0 saturated carbocycles. The lowest BCUT2D eigenvalue weighted by molar-refractivity contribution is 0.604. The molecule has 158 valence electrons. The predicted octanol–water partition coefficient (Wildman–Crippen LogP) is 10.0. The van der Waals surface area contributed by atoms with E-state index in [0.717, 1.165) is 0 Å². The lowest BCUT2D eigenvalue weighted by Crippen LogP contribution is -1.84. The molecule has 0 nitrogen and oxygen atoms in total. The Morgan fingerprint density at radius 1 is 0.308 bits per heavy atom. The summed E-state index contributed by atoms with van der Waals surface area (Å²) < 4.78 is 0. The Morgan fingerprint density at radius 2 is 0.538 bits per heavy atom. The van der Waals surface area contributed by atoms with Crippen LogP contribution in [0.15, 0.2) is 0 Å². The zero-order valence-corrected chi connectivity index (χ0v) is 21.0. The average Bonchev–Trinajstić information content (AvgIpc) is 2.66. The van der Waals surface area contributed by atoms with Gasteiger partial charge in [0, 0.05) is 23.0 Å². The van der Waals surface area contributed by atoms with E-state index in [-0.39, 0.29) is 0 Å². The quantitative estimate of drug-likeness (QED) is 0.115. The molecule has 0 aromatic rings. The van der Waals surface area contributed by atoms with Gasteiger partial charge in [0.1, 0.15) is 0 Å². The summed E-state index contributed by atoms with van der Waals surface area (Å²) in [6.45, 7) is 4.59. The highest BCUT2D eigenvalue weighted by atomic mass is 33.1. The lowest BCUT2D eigenvalue weighted by atomic mass is 10.1. The topological polar surface area (TPSA) is 0 Å². The van der Waals surface area contributed by atoms with Crippen molar-refractivity contribution in [3.63, 3.8) is 0 Å². The molecule has 0 aliphatic rings. The highest BCUT2D eigenvalue weighted by molar-refractivity contribution is 8.77. The molecule has 0 aliphatic heterocycles. The van der Waals surface area contributed by atoms with Gasteiger partial charge in [0.15, 0.2) is 0 Å². The first kappa shape index (κ1) is 27.4. The van der Waals surface area contributed by atoms with Crippen LogP contribution in [0.5, 0.6) is 0 Å². The Morgan fingerprint density at radius 3 is 0.846 bits per heavy atom. The summed E-state index contributed by atoms with van der Waals surface area (Å²) in [6.07, 6.45) is 22.9. The van der Waals surface area contributed by atoms with E-state index in [1.165, 1.54) is 126 Å². The molecule has 0 aromatic carbocycles. The minimum atomic E-state index is 1.35. The van der Waals surface area contributed by atoms with Gasteiger partial charge in [-0.05, 0) is 25.7 Å². The molecule has 0 spiro atoms. The van der Waals surface area contributed by atoms with Crippen molar-refractivity contribution >= 4 is 43.2 Å². The third kappa shape index (κ3) is 25.4. The van der Waals surface area contributed by atoms with E-state index in [1.54, 1.807) is 0 Å². The molecule has 0 atom stereocenters. The van der Waals surface area contributed by atoms with Gasteiger partial charge in [-0.2, -0.15) is 0 Å². The third-order valence-corrected chi connectivity index (χ3v) is 9.69. The molecule has 0 unspecified atom stereocenters. The van der Waals surface area contributed by atoms with Gasteiger partial charge in [-0.1, -0.05) is 134 Å². The Balaban J connectivity index is 2.95. The predicted molar refractivity (Wildman–Crippen MR) is 135 cm³/mol. The van der Waals surface area contributed by atoms with Crippen molar-refractivity contribution in [1.29, 1.82) is 0 Å². The first-order valence-corrected chi connectivity index (χ1v) is 16.4. The van der Waals surface area contributed by atoms with Crippen LogP contribution in [0.2, 0.25) is 0 Å². The van der Waals surface area contributed by atoms with Crippen LogP contribution in [0.1, 0.15) is 117 Å². The van der Waals surface area contributed by atoms with Crippen molar-refractivity contribution in [3.8, 4) is 0 Å². The molecule has 0 N–H and O–H groups in total. The molecule has 0 heterocycles. The molecule has 0 aromatic heterocycles. The Kier molecular flexibility index (Phi) is 27.8. The van der Waals surface area contributed by atoms with E-state index >= 15 is 0 Å². The molecule has 0 fully saturated rings. The van der Waals surface area contributed by atoms with E-state index in [4.69, 9.17) is 0 Å². The van der Waals surface area contributed by atoms with Crippen molar-refractivity contribution < 1.29 is 0 Å². The second kappa shape index (κ2) is 26.4. The van der Waals surface area contributed by atoms with E-state index in [9.17, 15) is 0 Å². The summed E-state index contributed by atoms with van der Waals surface area (Å²) >= 11 is 0. The number of rotatable bonds is 23. The number of unbranched alkanes of at least 4 members (excludes halogenated alkanes) is 13. The zero-order chi connectivity index (χ0) is 19.0. The van der Waals surface area contributed by atoms with Gasteiger partial charge in [-0.15, -0.1) is 0 Å². The fourth-order valence-corrected chi connectivity index (χ4v) is 7.38. The molecule has 0 radical (unpaired) electrons. The third-order valence-electron chi connectivity index (χ3n) is 4.53. The highest BCUT2D eigenvalue weighted by Crippen LogP contribution is 2.27. The van der Waals surface area contributed by atoms with E-state index in [1.807, 2.05) is 0 Å². The molecule has 0 amide bonds. The summed E-state index contributed by atoms with van der Waals surface area (Å²) in [6, 6.07) is 0. The van der Waals surface area contributed by atoms with Crippen LogP contribution in [-0.2, 0) is 0 Å². The first-order valence-electron chi connectivity index (χ1n) is 11.4. The molecule has 26 heavy (non-hydrogen) atoms. The van der Waals surface area contributed by atoms with Crippen LogP contribution in [0.3, 0.4) is 0 Å². The minimum Gasteiger partial charge on any atom is -0.0942 e. The fraction of sp³-hybridized carbons (Fsp3) is 1.00. The van der Waals surface area contributed by atoms with Crippen LogP contribution < -0.4 is 0 Å². The molecule has 0 bridgehead atoms. The largest absolute Gasteiger partial charge is 0.0942 e. The van der Waals surface area contributed by atoms with Crippen LogP contribution in [-0.4, -0.2) is 23.0 Å². The smallest absolute Gasteiger partial charge is 0.00372 e. The second-order valence-corrected chi connectivity index (χ2v) is 12.6.